The minimum absolute atomic E-state index is 0.00620. The van der Waals surface area contributed by atoms with E-state index in [-0.39, 0.29) is 36.1 Å². The number of carbonyl (C=O) groups excluding carboxylic acids is 1. The van der Waals surface area contributed by atoms with E-state index in [2.05, 4.69) is 6.92 Å². The van der Waals surface area contributed by atoms with Crippen LogP contribution in [0.5, 0.6) is 23.0 Å². The van der Waals surface area contributed by atoms with Gasteiger partial charge in [-0.2, -0.15) is 0 Å². The Morgan fingerprint density at radius 2 is 1.84 bits per heavy atom. The molecule has 2 aliphatic rings. The van der Waals surface area contributed by atoms with E-state index in [4.69, 9.17) is 14.2 Å². The summed E-state index contributed by atoms with van der Waals surface area (Å²) >= 11 is 0. The van der Waals surface area contributed by atoms with Crippen LogP contribution in [0.1, 0.15) is 41.3 Å². The maximum absolute atomic E-state index is 12.8. The molecule has 0 bridgehead atoms. The molecule has 2 aromatic carbocycles. The highest BCUT2D eigenvalue weighted by molar-refractivity contribution is 6.01. The van der Waals surface area contributed by atoms with Gasteiger partial charge in [-0.15, -0.1) is 0 Å². The van der Waals surface area contributed by atoms with Gasteiger partial charge >= 0.3 is 0 Å². The minimum Gasteiger partial charge on any atom is -0.504 e. The molecule has 0 amide bonds. The Hall–Kier alpha value is -2.69. The van der Waals surface area contributed by atoms with Crippen molar-refractivity contribution in [1.82, 2.24) is 0 Å². The van der Waals surface area contributed by atoms with Gasteiger partial charge < -0.3 is 19.3 Å². The van der Waals surface area contributed by atoms with E-state index in [0.29, 0.717) is 22.8 Å². The fourth-order valence-corrected chi connectivity index (χ4v) is 3.86. The molecule has 0 saturated heterocycles. The quantitative estimate of drug-likeness (QED) is 0.902. The summed E-state index contributed by atoms with van der Waals surface area (Å²) in [7, 11) is 1.53. The second-order valence-corrected chi connectivity index (χ2v) is 6.71. The first-order chi connectivity index (χ1) is 12.0. The molecule has 0 unspecified atom stereocenters. The SMILES string of the molecule is COc1cc([C@@H]2c3cc4c(cc3C(=O)[C@@H](C)[C@H]2C)OCO4)ccc1O. The van der Waals surface area contributed by atoms with Crippen molar-refractivity contribution in [2.75, 3.05) is 13.9 Å². The van der Waals surface area contributed by atoms with E-state index in [1.165, 1.54) is 7.11 Å². The molecule has 1 aliphatic carbocycles. The summed E-state index contributed by atoms with van der Waals surface area (Å²) in [6.45, 7) is 4.22. The molecule has 1 heterocycles. The average molecular weight is 340 g/mol. The summed E-state index contributed by atoms with van der Waals surface area (Å²) in [5, 5.41) is 9.90. The molecule has 3 atom stereocenters. The number of hydrogen-bond acceptors (Lipinski definition) is 5. The van der Waals surface area contributed by atoms with Gasteiger partial charge in [0.25, 0.3) is 0 Å². The molecule has 2 aromatic rings. The van der Waals surface area contributed by atoms with Crippen LogP contribution in [-0.4, -0.2) is 24.8 Å². The molecule has 0 aromatic heterocycles. The van der Waals surface area contributed by atoms with Gasteiger partial charge in [0.1, 0.15) is 0 Å². The Morgan fingerprint density at radius 1 is 1.12 bits per heavy atom. The second-order valence-electron chi connectivity index (χ2n) is 6.71. The summed E-state index contributed by atoms with van der Waals surface area (Å²) in [5.74, 6) is 1.95. The second kappa shape index (κ2) is 5.69. The van der Waals surface area contributed by atoms with Crippen molar-refractivity contribution in [2.45, 2.75) is 19.8 Å². The molecule has 0 spiro atoms. The number of phenolic OH excluding ortho intramolecular Hbond substituents is 1. The van der Waals surface area contributed by atoms with E-state index in [1.807, 2.05) is 25.1 Å². The summed E-state index contributed by atoms with van der Waals surface area (Å²) in [6.07, 6.45) is 0. The molecule has 25 heavy (non-hydrogen) atoms. The lowest BCUT2D eigenvalue weighted by Gasteiger charge is -2.35. The number of ketones is 1. The minimum atomic E-state index is -0.113. The first-order valence-electron chi connectivity index (χ1n) is 8.36. The monoisotopic (exact) mass is 340 g/mol. The van der Waals surface area contributed by atoms with Crippen molar-refractivity contribution in [1.29, 1.82) is 0 Å². The van der Waals surface area contributed by atoms with E-state index in [0.717, 1.165) is 11.1 Å². The fraction of sp³-hybridized carbons (Fsp3) is 0.350. The molecule has 0 radical (unpaired) electrons. The van der Waals surface area contributed by atoms with E-state index < -0.39 is 0 Å². The average Bonchev–Trinajstić information content (AvgIpc) is 3.07. The highest BCUT2D eigenvalue weighted by Gasteiger charge is 2.39. The van der Waals surface area contributed by atoms with Crippen LogP contribution in [0, 0.1) is 11.8 Å². The maximum atomic E-state index is 12.8. The van der Waals surface area contributed by atoms with Crippen LogP contribution >= 0.6 is 0 Å². The lowest BCUT2D eigenvalue weighted by molar-refractivity contribution is 0.0866. The Balaban J connectivity index is 1.91. The number of phenols is 1. The number of rotatable bonds is 2. The zero-order chi connectivity index (χ0) is 17.7. The Morgan fingerprint density at radius 3 is 2.56 bits per heavy atom. The molecular weight excluding hydrogens is 320 g/mol. The van der Waals surface area contributed by atoms with Crippen molar-refractivity contribution in [3.05, 3.63) is 47.0 Å². The van der Waals surface area contributed by atoms with Gasteiger partial charge in [0.05, 0.1) is 7.11 Å². The lowest BCUT2D eigenvalue weighted by Crippen LogP contribution is -2.32. The van der Waals surface area contributed by atoms with Gasteiger partial charge in [-0.3, -0.25) is 4.79 Å². The molecule has 1 aliphatic heterocycles. The van der Waals surface area contributed by atoms with Crippen LogP contribution in [0.4, 0.5) is 0 Å². The number of fused-ring (bicyclic) bond motifs is 2. The van der Waals surface area contributed by atoms with Gasteiger partial charge in [0, 0.05) is 17.4 Å². The van der Waals surface area contributed by atoms with Crippen molar-refractivity contribution < 1.29 is 24.1 Å². The Kier molecular flexibility index (Phi) is 3.60. The third-order valence-electron chi connectivity index (χ3n) is 5.44. The third kappa shape index (κ3) is 2.34. The zero-order valence-corrected chi connectivity index (χ0v) is 14.4. The highest BCUT2D eigenvalue weighted by atomic mass is 16.7. The van der Waals surface area contributed by atoms with Gasteiger partial charge in [-0.05, 0) is 41.3 Å². The molecule has 0 fully saturated rings. The molecule has 1 N–H and O–H groups in total. The molecular formula is C20H20O5. The molecule has 0 saturated carbocycles. The normalized spacial score (nSPS) is 24.1. The van der Waals surface area contributed by atoms with Crippen molar-refractivity contribution >= 4 is 5.78 Å². The maximum Gasteiger partial charge on any atom is 0.231 e. The number of hydrogen-bond donors (Lipinski definition) is 1. The van der Waals surface area contributed by atoms with Crippen LogP contribution in [0.25, 0.3) is 0 Å². The number of benzene rings is 2. The van der Waals surface area contributed by atoms with Gasteiger partial charge in [0.15, 0.2) is 28.8 Å². The van der Waals surface area contributed by atoms with Crippen molar-refractivity contribution in [3.8, 4) is 23.0 Å². The topological polar surface area (TPSA) is 65.0 Å². The first-order valence-corrected chi connectivity index (χ1v) is 8.36. The zero-order valence-electron chi connectivity index (χ0n) is 14.4. The highest BCUT2D eigenvalue weighted by Crippen LogP contribution is 2.48. The summed E-state index contributed by atoms with van der Waals surface area (Å²) in [6, 6.07) is 9.08. The third-order valence-corrected chi connectivity index (χ3v) is 5.44. The number of methoxy groups -OCH3 is 1. The van der Waals surface area contributed by atoms with Crippen LogP contribution < -0.4 is 14.2 Å². The van der Waals surface area contributed by atoms with E-state index in [9.17, 15) is 9.90 Å². The molecule has 130 valence electrons. The smallest absolute Gasteiger partial charge is 0.231 e. The predicted octanol–water partition coefficient (Wildman–Crippen LogP) is 3.73. The van der Waals surface area contributed by atoms with Crippen LogP contribution in [0.3, 0.4) is 0 Å². The number of ether oxygens (including phenoxy) is 3. The van der Waals surface area contributed by atoms with Gasteiger partial charge in [0.2, 0.25) is 6.79 Å². The number of carbonyl (C=O) groups is 1. The van der Waals surface area contributed by atoms with Crippen LogP contribution in [-0.2, 0) is 0 Å². The molecule has 5 heteroatoms. The Bertz CT molecular complexity index is 857. The molecule has 4 rings (SSSR count). The van der Waals surface area contributed by atoms with Gasteiger partial charge in [-0.1, -0.05) is 19.9 Å². The molecule has 5 nitrogen and oxygen atoms in total. The fourth-order valence-electron chi connectivity index (χ4n) is 3.86. The summed E-state index contributed by atoms with van der Waals surface area (Å²) in [4.78, 5) is 12.8. The largest absolute Gasteiger partial charge is 0.504 e. The van der Waals surface area contributed by atoms with Crippen molar-refractivity contribution in [3.63, 3.8) is 0 Å². The van der Waals surface area contributed by atoms with E-state index >= 15 is 0 Å². The van der Waals surface area contributed by atoms with Crippen LogP contribution in [0.15, 0.2) is 30.3 Å². The van der Waals surface area contributed by atoms with Crippen LogP contribution in [0.2, 0.25) is 0 Å². The summed E-state index contributed by atoms with van der Waals surface area (Å²) < 4.78 is 16.2. The summed E-state index contributed by atoms with van der Waals surface area (Å²) in [5.41, 5.74) is 2.63. The first kappa shape index (κ1) is 15.8. The van der Waals surface area contributed by atoms with Crippen molar-refractivity contribution in [2.24, 2.45) is 11.8 Å². The van der Waals surface area contributed by atoms with E-state index in [1.54, 1.807) is 12.1 Å². The lowest BCUT2D eigenvalue weighted by atomic mass is 9.67. The standard InChI is InChI=1S/C20H20O5/c1-10-11(2)20(22)14-8-18-17(24-9-25-18)7-13(14)19(10)12-4-5-15(21)16(6-12)23-3/h4-8,10-11,19,21H,9H2,1-3H3/t10-,11+,19-/m1/s1. The van der Waals surface area contributed by atoms with Gasteiger partial charge in [-0.25, -0.2) is 0 Å². The predicted molar refractivity (Wildman–Crippen MR) is 91.7 cm³/mol. The number of Topliss-reactive ketones (excluding diaryl/α,β-unsaturated/α-hetero) is 1. The Labute approximate surface area is 146 Å². The number of aromatic hydroxyl groups is 1.